The third kappa shape index (κ3) is 5.43. The number of aliphatic hydroxyl groups excluding tert-OH is 1. The number of carbonyl (C=O) groups excluding carboxylic acids is 2. The monoisotopic (exact) mass is 524 g/mol. The Morgan fingerprint density at radius 1 is 1.03 bits per heavy atom. The van der Waals surface area contributed by atoms with Crippen molar-refractivity contribution in [1.82, 2.24) is 9.80 Å². The van der Waals surface area contributed by atoms with Crippen LogP contribution >= 0.6 is 0 Å². The molecule has 1 amide bonds. The Kier molecular flexibility index (Phi) is 8.78. The van der Waals surface area contributed by atoms with E-state index in [1.165, 1.54) is 7.11 Å². The lowest BCUT2D eigenvalue weighted by atomic mass is 9.94. The number of rotatable bonds is 11. The second kappa shape index (κ2) is 12.2. The predicted molar refractivity (Wildman–Crippen MR) is 143 cm³/mol. The van der Waals surface area contributed by atoms with Crippen LogP contribution in [0.5, 0.6) is 23.0 Å². The van der Waals surface area contributed by atoms with Gasteiger partial charge in [-0.25, -0.2) is 0 Å². The maximum Gasteiger partial charge on any atom is 0.295 e. The van der Waals surface area contributed by atoms with E-state index in [4.69, 9.17) is 18.9 Å². The van der Waals surface area contributed by atoms with Gasteiger partial charge in [0.1, 0.15) is 19.0 Å². The largest absolute Gasteiger partial charge is 0.507 e. The molecule has 2 heterocycles. The molecule has 0 spiro atoms. The fourth-order valence-electron chi connectivity index (χ4n) is 4.94. The van der Waals surface area contributed by atoms with Crippen molar-refractivity contribution >= 4 is 17.4 Å². The Morgan fingerprint density at radius 3 is 2.45 bits per heavy atom. The SMILES string of the molecule is CCOc1ccc([C@@H]2C(=C(O)c3ccc4c(c3)OCCO4)C(=O)C(=O)N2CCCN(CC)CC)cc1OC. The molecule has 0 radical (unpaired) electrons. The van der Waals surface area contributed by atoms with Crippen LogP contribution in [0.1, 0.15) is 44.4 Å². The van der Waals surface area contributed by atoms with Crippen molar-refractivity contribution in [2.75, 3.05) is 53.1 Å². The van der Waals surface area contributed by atoms with Crippen LogP contribution < -0.4 is 18.9 Å². The number of fused-ring (bicyclic) bond motifs is 1. The number of methoxy groups -OCH3 is 1. The summed E-state index contributed by atoms with van der Waals surface area (Å²) in [5.74, 6) is 0.468. The molecule has 1 fully saturated rings. The number of hydrogen-bond donors (Lipinski definition) is 1. The van der Waals surface area contributed by atoms with Gasteiger partial charge in [0.05, 0.1) is 25.3 Å². The summed E-state index contributed by atoms with van der Waals surface area (Å²) in [7, 11) is 1.54. The van der Waals surface area contributed by atoms with E-state index >= 15 is 0 Å². The van der Waals surface area contributed by atoms with Crippen LogP contribution in [0.4, 0.5) is 0 Å². The normalized spacial score (nSPS) is 18.2. The number of ether oxygens (including phenoxy) is 4. The number of likely N-dealkylation sites (tertiary alicyclic amines) is 1. The smallest absolute Gasteiger partial charge is 0.295 e. The molecular weight excluding hydrogens is 488 g/mol. The minimum absolute atomic E-state index is 0.0285. The Bertz CT molecular complexity index is 1210. The first-order valence-electron chi connectivity index (χ1n) is 13.1. The molecule has 2 aromatic rings. The van der Waals surface area contributed by atoms with Gasteiger partial charge in [-0.15, -0.1) is 0 Å². The van der Waals surface area contributed by atoms with E-state index in [0.717, 1.165) is 19.6 Å². The molecule has 0 bridgehead atoms. The summed E-state index contributed by atoms with van der Waals surface area (Å²) < 4.78 is 22.5. The molecule has 0 aromatic heterocycles. The molecule has 9 nitrogen and oxygen atoms in total. The zero-order chi connectivity index (χ0) is 27.2. The molecule has 4 rings (SSSR count). The van der Waals surface area contributed by atoms with Gasteiger partial charge in [-0.1, -0.05) is 19.9 Å². The Hall–Kier alpha value is -3.72. The number of carbonyl (C=O) groups is 2. The first-order chi connectivity index (χ1) is 18.4. The summed E-state index contributed by atoms with van der Waals surface area (Å²) in [6, 6.07) is 9.52. The third-order valence-electron chi connectivity index (χ3n) is 6.93. The van der Waals surface area contributed by atoms with Crippen LogP contribution in [-0.4, -0.2) is 79.7 Å². The van der Waals surface area contributed by atoms with Crippen molar-refractivity contribution in [2.24, 2.45) is 0 Å². The van der Waals surface area contributed by atoms with Gasteiger partial charge in [0.15, 0.2) is 23.0 Å². The second-order valence-corrected chi connectivity index (χ2v) is 9.07. The van der Waals surface area contributed by atoms with Gasteiger partial charge in [0.2, 0.25) is 0 Å². The molecule has 2 aliphatic heterocycles. The van der Waals surface area contributed by atoms with E-state index in [0.29, 0.717) is 66.9 Å². The average Bonchev–Trinajstić information content (AvgIpc) is 3.20. The lowest BCUT2D eigenvalue weighted by Crippen LogP contribution is -2.33. The molecule has 2 aromatic carbocycles. The van der Waals surface area contributed by atoms with Crippen LogP contribution in [0, 0.1) is 0 Å². The Balaban J connectivity index is 1.78. The molecule has 38 heavy (non-hydrogen) atoms. The average molecular weight is 525 g/mol. The summed E-state index contributed by atoms with van der Waals surface area (Å²) in [6.45, 7) is 10.3. The van der Waals surface area contributed by atoms with E-state index in [1.807, 2.05) is 6.92 Å². The molecule has 0 saturated carbocycles. The number of Topliss-reactive ketones (excluding diaryl/α,β-unsaturated/α-hetero) is 1. The highest BCUT2D eigenvalue weighted by molar-refractivity contribution is 6.46. The van der Waals surface area contributed by atoms with Gasteiger partial charge in [0.25, 0.3) is 11.7 Å². The molecule has 1 saturated heterocycles. The van der Waals surface area contributed by atoms with E-state index in [9.17, 15) is 14.7 Å². The molecule has 9 heteroatoms. The third-order valence-corrected chi connectivity index (χ3v) is 6.93. The maximum absolute atomic E-state index is 13.4. The Labute approximate surface area is 223 Å². The van der Waals surface area contributed by atoms with Crippen LogP contribution in [0.2, 0.25) is 0 Å². The van der Waals surface area contributed by atoms with Crippen LogP contribution in [-0.2, 0) is 9.59 Å². The number of amides is 1. The van der Waals surface area contributed by atoms with Gasteiger partial charge in [0, 0.05) is 12.1 Å². The summed E-state index contributed by atoms with van der Waals surface area (Å²) in [5, 5.41) is 11.4. The minimum Gasteiger partial charge on any atom is -0.507 e. The first-order valence-corrected chi connectivity index (χ1v) is 13.1. The first kappa shape index (κ1) is 27.3. The van der Waals surface area contributed by atoms with Crippen molar-refractivity contribution in [3.05, 3.63) is 53.1 Å². The number of aliphatic hydroxyl groups is 1. The van der Waals surface area contributed by atoms with Crippen molar-refractivity contribution in [3.63, 3.8) is 0 Å². The van der Waals surface area contributed by atoms with Gasteiger partial charge in [-0.05, 0) is 68.9 Å². The molecule has 1 N–H and O–H groups in total. The lowest BCUT2D eigenvalue weighted by Gasteiger charge is -2.27. The molecule has 0 aliphatic carbocycles. The zero-order valence-electron chi connectivity index (χ0n) is 22.5. The number of ketones is 1. The highest BCUT2D eigenvalue weighted by Crippen LogP contribution is 2.43. The number of benzene rings is 2. The fourth-order valence-corrected chi connectivity index (χ4v) is 4.94. The van der Waals surface area contributed by atoms with Gasteiger partial charge in [-0.2, -0.15) is 0 Å². The van der Waals surface area contributed by atoms with Crippen LogP contribution in [0.15, 0.2) is 42.0 Å². The van der Waals surface area contributed by atoms with Gasteiger partial charge < -0.3 is 33.9 Å². The van der Waals surface area contributed by atoms with Gasteiger partial charge in [-0.3, -0.25) is 9.59 Å². The molecular formula is C29H36N2O7. The van der Waals surface area contributed by atoms with Crippen LogP contribution in [0.3, 0.4) is 0 Å². The standard InChI is InChI=1S/C29H36N2O7/c1-5-30(6-2)13-8-14-31-26(19-9-11-21(36-7-3)23(17-19)35-4)25(28(33)29(31)34)27(32)20-10-12-22-24(18-20)38-16-15-37-22/h9-12,17-18,26,32H,5-8,13-16H2,1-4H3/t26-/m1/s1. The molecule has 1 atom stereocenters. The second-order valence-electron chi connectivity index (χ2n) is 9.07. The van der Waals surface area contributed by atoms with E-state index in [-0.39, 0.29) is 11.3 Å². The zero-order valence-corrected chi connectivity index (χ0v) is 22.5. The molecule has 204 valence electrons. The maximum atomic E-state index is 13.4. The van der Waals surface area contributed by atoms with Crippen LogP contribution in [0.25, 0.3) is 5.76 Å². The lowest BCUT2D eigenvalue weighted by molar-refractivity contribution is -0.140. The van der Waals surface area contributed by atoms with E-state index < -0.39 is 17.7 Å². The topological polar surface area (TPSA) is 97.8 Å². The van der Waals surface area contributed by atoms with Crippen molar-refractivity contribution < 1.29 is 33.6 Å². The predicted octanol–water partition coefficient (Wildman–Crippen LogP) is 4.02. The molecule has 2 aliphatic rings. The van der Waals surface area contributed by atoms with E-state index in [1.54, 1.807) is 41.3 Å². The highest BCUT2D eigenvalue weighted by Gasteiger charge is 2.46. The number of hydrogen-bond acceptors (Lipinski definition) is 8. The minimum atomic E-state index is -0.788. The van der Waals surface area contributed by atoms with E-state index in [2.05, 4.69) is 18.7 Å². The summed E-state index contributed by atoms with van der Waals surface area (Å²) in [4.78, 5) is 30.5. The Morgan fingerprint density at radius 2 is 1.76 bits per heavy atom. The van der Waals surface area contributed by atoms with Crippen molar-refractivity contribution in [3.8, 4) is 23.0 Å². The number of nitrogens with zero attached hydrogens (tertiary/aromatic N) is 2. The van der Waals surface area contributed by atoms with Crippen molar-refractivity contribution in [2.45, 2.75) is 33.2 Å². The molecule has 0 unspecified atom stereocenters. The summed E-state index contributed by atoms with van der Waals surface area (Å²) >= 11 is 0. The fraction of sp³-hybridized carbons (Fsp3) is 0.448. The summed E-state index contributed by atoms with van der Waals surface area (Å²) in [5.41, 5.74) is 1.05. The van der Waals surface area contributed by atoms with Gasteiger partial charge >= 0.3 is 0 Å². The quantitative estimate of drug-likeness (QED) is 0.268. The highest BCUT2D eigenvalue weighted by atomic mass is 16.6. The summed E-state index contributed by atoms with van der Waals surface area (Å²) in [6.07, 6.45) is 0.684. The van der Waals surface area contributed by atoms with Crippen molar-refractivity contribution in [1.29, 1.82) is 0 Å².